The van der Waals surface area contributed by atoms with Gasteiger partial charge in [0.1, 0.15) is 17.8 Å². The molecule has 0 saturated heterocycles. The van der Waals surface area contributed by atoms with Gasteiger partial charge in [-0.3, -0.25) is 0 Å². The molecule has 0 spiro atoms. The van der Waals surface area contributed by atoms with Crippen LogP contribution in [0.2, 0.25) is 0 Å². The third-order valence-electron chi connectivity index (χ3n) is 6.54. The number of nitrogens with one attached hydrogen (secondary N) is 2. The van der Waals surface area contributed by atoms with E-state index < -0.39 is 6.36 Å². The summed E-state index contributed by atoms with van der Waals surface area (Å²) in [6, 6.07) is 28.1. The molecule has 8 nitrogen and oxygen atoms in total. The van der Waals surface area contributed by atoms with Crippen molar-refractivity contribution in [1.29, 1.82) is 0 Å². The van der Waals surface area contributed by atoms with Crippen LogP contribution in [0.4, 0.5) is 23.7 Å². The van der Waals surface area contributed by atoms with Crippen LogP contribution in [0.15, 0.2) is 103 Å². The first-order valence-corrected chi connectivity index (χ1v) is 13.4. The molecular weight excluding hydrogens is 559 g/mol. The van der Waals surface area contributed by atoms with E-state index in [9.17, 15) is 18.0 Å². The summed E-state index contributed by atoms with van der Waals surface area (Å²) in [5.74, 6) is 0.895. The number of rotatable bonds is 10. The minimum absolute atomic E-state index is 0.290. The van der Waals surface area contributed by atoms with Crippen LogP contribution >= 0.6 is 0 Å². The average Bonchev–Trinajstić information content (AvgIpc) is 3.50. The molecule has 5 rings (SSSR count). The lowest BCUT2D eigenvalue weighted by molar-refractivity contribution is -0.274. The number of aryl methyl sites for hydroxylation is 1. The standard InChI is InChI=1S/C32H28F3N5O3/c1-42-29-11-5-3-9-27(29)26-8-2-4-10-28(26)38-31(41)36-20-6-7-22-12-14-23(15-13-22)30-37-21-40(39-30)24-16-18-25(19-17-24)43-32(33,34)35/h2-5,8-19,21H,6-7,20H2,1H3,(H2,36,38,41). The van der Waals surface area contributed by atoms with Gasteiger partial charge in [-0.2, -0.15) is 0 Å². The number of carbonyl (C=O) groups excluding carboxylic acids is 1. The molecule has 0 atom stereocenters. The van der Waals surface area contributed by atoms with Crippen LogP contribution in [-0.2, 0) is 6.42 Å². The molecule has 220 valence electrons. The number of urea groups is 1. The second kappa shape index (κ2) is 13.1. The first-order chi connectivity index (χ1) is 20.8. The summed E-state index contributed by atoms with van der Waals surface area (Å²) in [5.41, 5.74) is 4.87. The second-order valence-corrected chi connectivity index (χ2v) is 9.48. The van der Waals surface area contributed by atoms with Gasteiger partial charge in [0.05, 0.1) is 18.5 Å². The van der Waals surface area contributed by atoms with Crippen LogP contribution < -0.4 is 20.1 Å². The quantitative estimate of drug-likeness (QED) is 0.168. The fourth-order valence-corrected chi connectivity index (χ4v) is 4.50. The predicted molar refractivity (Wildman–Crippen MR) is 157 cm³/mol. The molecule has 2 amide bonds. The number of halogens is 3. The van der Waals surface area contributed by atoms with Crippen molar-refractivity contribution in [3.05, 3.63) is 109 Å². The van der Waals surface area contributed by atoms with Gasteiger partial charge in [-0.25, -0.2) is 14.5 Å². The minimum Gasteiger partial charge on any atom is -0.496 e. The maximum absolute atomic E-state index is 12.6. The van der Waals surface area contributed by atoms with Crippen LogP contribution in [0.5, 0.6) is 11.5 Å². The van der Waals surface area contributed by atoms with E-state index in [1.807, 2.05) is 72.8 Å². The highest BCUT2D eigenvalue weighted by Gasteiger charge is 2.31. The van der Waals surface area contributed by atoms with E-state index in [4.69, 9.17) is 4.74 Å². The van der Waals surface area contributed by atoms with Crippen molar-refractivity contribution in [2.24, 2.45) is 0 Å². The first kappa shape index (κ1) is 29.2. The van der Waals surface area contributed by atoms with Gasteiger partial charge in [0.15, 0.2) is 5.82 Å². The third-order valence-corrected chi connectivity index (χ3v) is 6.54. The zero-order chi connectivity index (χ0) is 30.2. The SMILES string of the molecule is COc1ccccc1-c1ccccc1NC(=O)NCCCc1ccc(-c2ncn(-c3ccc(OC(F)(F)F)cc3)n2)cc1. The number of anilines is 1. The minimum atomic E-state index is -4.75. The molecule has 1 aromatic heterocycles. The second-order valence-electron chi connectivity index (χ2n) is 9.48. The van der Waals surface area contributed by atoms with E-state index in [1.165, 1.54) is 35.3 Å². The number of alkyl halides is 3. The monoisotopic (exact) mass is 587 g/mol. The number of amides is 2. The lowest BCUT2D eigenvalue weighted by Crippen LogP contribution is -2.30. The van der Waals surface area contributed by atoms with Crippen molar-refractivity contribution in [2.45, 2.75) is 19.2 Å². The highest BCUT2D eigenvalue weighted by Crippen LogP contribution is 2.34. The number of aromatic nitrogens is 3. The lowest BCUT2D eigenvalue weighted by atomic mass is 10.0. The number of hydrogen-bond donors (Lipinski definition) is 2. The van der Waals surface area contributed by atoms with Gasteiger partial charge in [-0.1, -0.05) is 60.7 Å². The van der Waals surface area contributed by atoms with Crippen molar-refractivity contribution < 1.29 is 27.4 Å². The van der Waals surface area contributed by atoms with Crippen LogP contribution in [0.1, 0.15) is 12.0 Å². The summed E-state index contributed by atoms with van der Waals surface area (Å²) in [4.78, 5) is 16.9. The molecule has 0 unspecified atom stereocenters. The molecule has 11 heteroatoms. The molecule has 2 N–H and O–H groups in total. The Bertz CT molecular complexity index is 1670. The molecule has 0 aliphatic heterocycles. The van der Waals surface area contributed by atoms with Crippen LogP contribution in [-0.4, -0.2) is 40.8 Å². The highest BCUT2D eigenvalue weighted by atomic mass is 19.4. The van der Waals surface area contributed by atoms with E-state index in [1.54, 1.807) is 7.11 Å². The average molecular weight is 588 g/mol. The van der Waals surface area contributed by atoms with E-state index in [0.29, 0.717) is 23.7 Å². The lowest BCUT2D eigenvalue weighted by Gasteiger charge is -2.14. The summed E-state index contributed by atoms with van der Waals surface area (Å²) in [5, 5.41) is 10.3. The van der Waals surface area contributed by atoms with Gasteiger partial charge in [0, 0.05) is 23.2 Å². The number of methoxy groups -OCH3 is 1. The Hall–Kier alpha value is -5.32. The maximum Gasteiger partial charge on any atom is 0.573 e. The Labute approximate surface area is 246 Å². The summed E-state index contributed by atoms with van der Waals surface area (Å²) in [7, 11) is 1.62. The summed E-state index contributed by atoms with van der Waals surface area (Å²) >= 11 is 0. The van der Waals surface area contributed by atoms with E-state index in [2.05, 4.69) is 25.5 Å². The molecule has 5 aromatic rings. The Morgan fingerprint density at radius 1 is 0.884 bits per heavy atom. The van der Waals surface area contributed by atoms with Crippen LogP contribution in [0.25, 0.3) is 28.2 Å². The number of para-hydroxylation sites is 2. The van der Waals surface area contributed by atoms with Crippen molar-refractivity contribution >= 4 is 11.7 Å². The van der Waals surface area contributed by atoms with E-state index in [-0.39, 0.29) is 11.8 Å². The van der Waals surface area contributed by atoms with E-state index in [0.717, 1.165) is 40.8 Å². The molecule has 0 aliphatic carbocycles. The van der Waals surface area contributed by atoms with Crippen molar-refractivity contribution in [2.75, 3.05) is 19.0 Å². The smallest absolute Gasteiger partial charge is 0.496 e. The molecule has 4 aromatic carbocycles. The summed E-state index contributed by atoms with van der Waals surface area (Å²) < 4.78 is 48.0. The number of nitrogens with zero attached hydrogens (tertiary/aromatic N) is 3. The number of carbonyl (C=O) groups is 1. The van der Waals surface area contributed by atoms with Gasteiger partial charge in [0.25, 0.3) is 0 Å². The van der Waals surface area contributed by atoms with Crippen LogP contribution in [0, 0.1) is 0 Å². The molecule has 43 heavy (non-hydrogen) atoms. The fraction of sp³-hybridized carbons (Fsp3) is 0.156. The topological polar surface area (TPSA) is 90.3 Å². The molecule has 0 saturated carbocycles. The normalized spacial score (nSPS) is 11.2. The van der Waals surface area contributed by atoms with Crippen LogP contribution in [0.3, 0.4) is 0 Å². The van der Waals surface area contributed by atoms with Crippen molar-refractivity contribution in [1.82, 2.24) is 20.1 Å². The number of benzene rings is 4. The number of hydrogen-bond acceptors (Lipinski definition) is 5. The van der Waals surface area contributed by atoms with Gasteiger partial charge < -0.3 is 20.1 Å². The zero-order valence-corrected chi connectivity index (χ0v) is 23.1. The Kier molecular flexibility index (Phi) is 8.90. The third kappa shape index (κ3) is 7.70. The van der Waals surface area contributed by atoms with Gasteiger partial charge in [-0.05, 0) is 54.8 Å². The molecular formula is C32H28F3N5O3. The Morgan fingerprint density at radius 3 is 2.30 bits per heavy atom. The summed E-state index contributed by atoms with van der Waals surface area (Å²) in [6.07, 6.45) is -1.76. The van der Waals surface area contributed by atoms with Gasteiger partial charge >= 0.3 is 12.4 Å². The molecule has 0 radical (unpaired) electrons. The molecule has 1 heterocycles. The predicted octanol–water partition coefficient (Wildman–Crippen LogP) is 7.26. The zero-order valence-electron chi connectivity index (χ0n) is 23.1. The van der Waals surface area contributed by atoms with Crippen molar-refractivity contribution in [3.8, 4) is 39.7 Å². The van der Waals surface area contributed by atoms with Gasteiger partial charge in [-0.15, -0.1) is 18.3 Å². The molecule has 0 fully saturated rings. The molecule has 0 bridgehead atoms. The maximum atomic E-state index is 12.6. The van der Waals surface area contributed by atoms with Gasteiger partial charge in [0.2, 0.25) is 0 Å². The van der Waals surface area contributed by atoms with Crippen molar-refractivity contribution in [3.63, 3.8) is 0 Å². The largest absolute Gasteiger partial charge is 0.573 e. The molecule has 0 aliphatic rings. The summed E-state index contributed by atoms with van der Waals surface area (Å²) in [6.45, 7) is 0.489. The Balaban J connectivity index is 1.11. The first-order valence-electron chi connectivity index (χ1n) is 13.4. The Morgan fingerprint density at radius 2 is 1.58 bits per heavy atom. The fourth-order valence-electron chi connectivity index (χ4n) is 4.50. The number of ether oxygens (including phenoxy) is 2. The van der Waals surface area contributed by atoms with E-state index >= 15 is 0 Å². The highest BCUT2D eigenvalue weighted by molar-refractivity contribution is 5.95.